The Labute approximate surface area is 135 Å². The topological polar surface area (TPSA) is 64.9 Å². The molecule has 2 N–H and O–H groups in total. The summed E-state index contributed by atoms with van der Waals surface area (Å²) < 4.78 is 5.57. The zero-order valence-corrected chi connectivity index (χ0v) is 14.5. The lowest BCUT2D eigenvalue weighted by atomic mass is 9.91. The molecule has 1 aromatic rings. The van der Waals surface area contributed by atoms with Crippen LogP contribution in [0.15, 0.2) is 4.52 Å². The molecule has 2 aliphatic rings. The van der Waals surface area contributed by atoms with Gasteiger partial charge in [0, 0.05) is 16.3 Å². The van der Waals surface area contributed by atoms with Gasteiger partial charge in [0.2, 0.25) is 5.89 Å². The number of nitrogens with two attached hydrogens (primary N) is 1. The number of rotatable bonds is 2. The molecule has 1 saturated carbocycles. The Bertz CT molecular complexity index is 471. The van der Waals surface area contributed by atoms with Crippen LogP contribution in [0.25, 0.3) is 0 Å². The van der Waals surface area contributed by atoms with Crippen LogP contribution in [-0.2, 0) is 5.54 Å². The predicted octanol–water partition coefficient (Wildman–Crippen LogP) is 3.88. The molecule has 0 bridgehead atoms. The van der Waals surface area contributed by atoms with E-state index in [0.29, 0.717) is 21.6 Å². The van der Waals surface area contributed by atoms with Crippen LogP contribution in [0.2, 0.25) is 0 Å². The van der Waals surface area contributed by atoms with Crippen molar-refractivity contribution >= 4 is 23.5 Å². The normalized spacial score (nSPS) is 33.6. The minimum Gasteiger partial charge on any atom is -0.337 e. The summed E-state index contributed by atoms with van der Waals surface area (Å²) in [6.45, 7) is 4.58. The van der Waals surface area contributed by atoms with Gasteiger partial charge in [-0.15, -0.1) is 11.8 Å². The average Bonchev–Trinajstić information content (AvgIpc) is 2.86. The molecule has 21 heavy (non-hydrogen) atoms. The molecule has 0 radical (unpaired) electrons. The van der Waals surface area contributed by atoms with Gasteiger partial charge in [-0.3, -0.25) is 0 Å². The first-order chi connectivity index (χ1) is 10.1. The highest BCUT2D eigenvalue weighted by atomic mass is 32.2. The van der Waals surface area contributed by atoms with E-state index < -0.39 is 5.54 Å². The van der Waals surface area contributed by atoms with Crippen LogP contribution in [0.1, 0.15) is 69.3 Å². The molecule has 0 spiro atoms. The van der Waals surface area contributed by atoms with Gasteiger partial charge in [-0.05, 0) is 12.8 Å². The van der Waals surface area contributed by atoms with Gasteiger partial charge in [-0.2, -0.15) is 16.7 Å². The summed E-state index contributed by atoms with van der Waals surface area (Å²) in [5.74, 6) is 2.57. The monoisotopic (exact) mass is 327 g/mol. The summed E-state index contributed by atoms with van der Waals surface area (Å²) in [5.41, 5.74) is 6.17. The molecule has 4 nitrogen and oxygen atoms in total. The molecule has 1 aliphatic heterocycles. The molecule has 6 heteroatoms. The van der Waals surface area contributed by atoms with E-state index >= 15 is 0 Å². The smallest absolute Gasteiger partial charge is 0.246 e. The number of nitrogens with zero attached hydrogens (tertiary/aromatic N) is 2. The van der Waals surface area contributed by atoms with Gasteiger partial charge in [0.05, 0.1) is 10.8 Å². The van der Waals surface area contributed by atoms with Gasteiger partial charge in [-0.1, -0.05) is 44.7 Å². The van der Waals surface area contributed by atoms with Crippen molar-refractivity contribution in [3.05, 3.63) is 11.7 Å². The van der Waals surface area contributed by atoms with E-state index in [9.17, 15) is 0 Å². The molecule has 0 amide bonds. The fourth-order valence-corrected chi connectivity index (χ4v) is 5.89. The molecule has 1 aliphatic carbocycles. The first-order valence-electron chi connectivity index (χ1n) is 7.98. The number of hydrogen-bond acceptors (Lipinski definition) is 6. The van der Waals surface area contributed by atoms with E-state index in [0.717, 1.165) is 37.3 Å². The summed E-state index contributed by atoms with van der Waals surface area (Å²) in [4.78, 5) is 4.69. The van der Waals surface area contributed by atoms with Crippen molar-refractivity contribution in [2.24, 2.45) is 5.73 Å². The molecule has 118 valence electrons. The molecule has 2 heterocycles. The van der Waals surface area contributed by atoms with E-state index in [4.69, 9.17) is 15.2 Å². The maximum Gasteiger partial charge on any atom is 0.246 e. The van der Waals surface area contributed by atoms with Gasteiger partial charge in [0.25, 0.3) is 0 Å². The second-order valence-corrected chi connectivity index (χ2v) is 9.39. The third-order valence-corrected chi connectivity index (χ3v) is 8.09. The lowest BCUT2D eigenvalue weighted by Gasteiger charge is -2.29. The van der Waals surface area contributed by atoms with Gasteiger partial charge in [0.15, 0.2) is 5.82 Å². The van der Waals surface area contributed by atoms with Gasteiger partial charge < -0.3 is 10.3 Å². The van der Waals surface area contributed by atoms with E-state index in [2.05, 4.69) is 19.0 Å². The third-order valence-electron chi connectivity index (χ3n) is 4.70. The zero-order valence-electron chi connectivity index (χ0n) is 12.9. The standard InChI is InChI=1S/C15H25N3OS2/c1-10-11(2)21-12(9-20-10)13-17-14(19-18-13)15(16)7-5-3-4-6-8-15/h10-12H,3-9,16H2,1-2H3. The van der Waals surface area contributed by atoms with Gasteiger partial charge >= 0.3 is 0 Å². The van der Waals surface area contributed by atoms with Crippen LogP contribution in [-0.4, -0.2) is 26.4 Å². The SMILES string of the molecule is CC1SCC(c2noc(C3(N)CCCCCC3)n2)SC1C. The van der Waals surface area contributed by atoms with Crippen molar-refractivity contribution < 1.29 is 4.52 Å². The Morgan fingerprint density at radius 3 is 2.52 bits per heavy atom. The maximum absolute atomic E-state index is 6.56. The Hall–Kier alpha value is -0.200. The van der Waals surface area contributed by atoms with Gasteiger partial charge in [0.1, 0.15) is 0 Å². The fraction of sp³-hybridized carbons (Fsp3) is 0.867. The number of thioether (sulfide) groups is 2. The first kappa shape index (κ1) is 15.7. The van der Waals surface area contributed by atoms with E-state index in [1.807, 2.05) is 23.5 Å². The highest BCUT2D eigenvalue weighted by Crippen LogP contribution is 2.44. The van der Waals surface area contributed by atoms with E-state index in [1.54, 1.807) is 0 Å². The minimum atomic E-state index is -0.396. The number of hydrogen-bond donors (Lipinski definition) is 1. The molecule has 1 saturated heterocycles. The highest BCUT2D eigenvalue weighted by Gasteiger charge is 2.36. The second-order valence-electron chi connectivity index (χ2n) is 6.40. The Morgan fingerprint density at radius 1 is 1.14 bits per heavy atom. The molecule has 1 aromatic heterocycles. The Balaban J connectivity index is 1.73. The van der Waals surface area contributed by atoms with Crippen LogP contribution in [0.4, 0.5) is 0 Å². The average molecular weight is 328 g/mol. The third kappa shape index (κ3) is 3.42. The molecular weight excluding hydrogens is 302 g/mol. The summed E-state index contributed by atoms with van der Waals surface area (Å²) in [6, 6.07) is 0. The highest BCUT2D eigenvalue weighted by molar-refractivity contribution is 8.07. The van der Waals surface area contributed by atoms with Crippen molar-refractivity contribution in [1.29, 1.82) is 0 Å². The van der Waals surface area contributed by atoms with Crippen LogP contribution in [0.3, 0.4) is 0 Å². The first-order valence-corrected chi connectivity index (χ1v) is 9.98. The van der Waals surface area contributed by atoms with E-state index in [-0.39, 0.29) is 0 Å². The van der Waals surface area contributed by atoms with Gasteiger partial charge in [-0.25, -0.2) is 0 Å². The summed E-state index contributed by atoms with van der Waals surface area (Å²) in [5, 5.41) is 5.91. The van der Waals surface area contributed by atoms with Crippen molar-refractivity contribution in [2.75, 3.05) is 5.75 Å². The maximum atomic E-state index is 6.56. The largest absolute Gasteiger partial charge is 0.337 e. The fourth-order valence-electron chi connectivity index (χ4n) is 3.06. The number of aromatic nitrogens is 2. The Morgan fingerprint density at radius 2 is 1.86 bits per heavy atom. The molecule has 2 fully saturated rings. The molecule has 3 unspecified atom stereocenters. The zero-order chi connectivity index (χ0) is 14.9. The molecule has 0 aromatic carbocycles. The molecule has 3 atom stereocenters. The summed E-state index contributed by atoms with van der Waals surface area (Å²) in [7, 11) is 0. The minimum absolute atomic E-state index is 0.341. The van der Waals surface area contributed by atoms with E-state index in [1.165, 1.54) is 12.8 Å². The lowest BCUT2D eigenvalue weighted by molar-refractivity contribution is 0.256. The Kier molecular flexibility index (Phi) is 4.86. The quantitative estimate of drug-likeness (QED) is 0.832. The summed E-state index contributed by atoms with van der Waals surface area (Å²) >= 11 is 3.97. The van der Waals surface area contributed by atoms with Crippen LogP contribution in [0.5, 0.6) is 0 Å². The van der Waals surface area contributed by atoms with Crippen molar-refractivity contribution in [1.82, 2.24) is 10.1 Å². The summed E-state index contributed by atoms with van der Waals surface area (Å²) in [6.07, 6.45) is 6.80. The molecule has 3 rings (SSSR count). The molecular formula is C15H25N3OS2. The van der Waals surface area contributed by atoms with Crippen LogP contribution < -0.4 is 5.73 Å². The predicted molar refractivity (Wildman–Crippen MR) is 89.6 cm³/mol. The van der Waals surface area contributed by atoms with Crippen molar-refractivity contribution in [3.63, 3.8) is 0 Å². The van der Waals surface area contributed by atoms with Crippen molar-refractivity contribution in [3.8, 4) is 0 Å². The lowest BCUT2D eigenvalue weighted by Crippen LogP contribution is -2.36. The van der Waals surface area contributed by atoms with Crippen LogP contribution >= 0.6 is 23.5 Å². The van der Waals surface area contributed by atoms with Crippen LogP contribution in [0, 0.1) is 0 Å². The second kappa shape index (κ2) is 6.50. The van der Waals surface area contributed by atoms with Crippen molar-refractivity contribution in [2.45, 2.75) is 73.7 Å².